The third-order valence-electron chi connectivity index (χ3n) is 4.34. The standard InChI is InChI=1S/C22H25ClN4O2S/c1-3-5-9-21-25-26-22(30)27(21)24-14-16-10-11-19(20(13-16)28-4-2)29-15-17-7-6-8-18(23)12-17/h6-8,10-14H,3-5,9,15H2,1-2H3,(H,26,30)/b24-14-. The van der Waals surface area contributed by atoms with Crippen molar-refractivity contribution in [1.82, 2.24) is 14.9 Å². The molecule has 1 heterocycles. The Kier molecular flexibility index (Phi) is 8.04. The Balaban J connectivity index is 1.77. The molecule has 0 unspecified atom stereocenters. The zero-order valence-corrected chi connectivity index (χ0v) is 18.7. The number of hydrogen-bond donors (Lipinski definition) is 1. The fourth-order valence-electron chi connectivity index (χ4n) is 2.84. The van der Waals surface area contributed by atoms with E-state index in [1.807, 2.05) is 49.4 Å². The predicted molar refractivity (Wildman–Crippen MR) is 122 cm³/mol. The third-order valence-corrected chi connectivity index (χ3v) is 4.84. The van der Waals surface area contributed by atoms with Gasteiger partial charge in [0, 0.05) is 11.4 Å². The van der Waals surface area contributed by atoms with Crippen LogP contribution in [-0.2, 0) is 13.0 Å². The molecule has 3 rings (SSSR count). The van der Waals surface area contributed by atoms with E-state index in [-0.39, 0.29) is 0 Å². The highest BCUT2D eigenvalue weighted by Crippen LogP contribution is 2.29. The quantitative estimate of drug-likeness (QED) is 0.317. The van der Waals surface area contributed by atoms with Crippen LogP contribution in [0.1, 0.15) is 43.6 Å². The number of halogens is 1. The van der Waals surface area contributed by atoms with Crippen LogP contribution in [0.25, 0.3) is 0 Å². The molecule has 0 aliphatic rings. The van der Waals surface area contributed by atoms with Gasteiger partial charge in [-0.1, -0.05) is 37.1 Å². The van der Waals surface area contributed by atoms with Gasteiger partial charge >= 0.3 is 0 Å². The summed E-state index contributed by atoms with van der Waals surface area (Å²) < 4.78 is 13.9. The zero-order chi connectivity index (χ0) is 21.3. The molecule has 6 nitrogen and oxygen atoms in total. The van der Waals surface area contributed by atoms with Gasteiger partial charge in [-0.3, -0.25) is 5.10 Å². The van der Waals surface area contributed by atoms with Gasteiger partial charge in [0.2, 0.25) is 4.77 Å². The average Bonchev–Trinajstić information content (AvgIpc) is 3.09. The number of hydrogen-bond acceptors (Lipinski definition) is 5. The molecule has 1 N–H and O–H groups in total. The first-order valence-corrected chi connectivity index (χ1v) is 10.7. The molecule has 0 saturated heterocycles. The molecular weight excluding hydrogens is 420 g/mol. The molecule has 0 bridgehead atoms. The van der Waals surface area contributed by atoms with E-state index >= 15 is 0 Å². The number of aromatic amines is 1. The lowest BCUT2D eigenvalue weighted by molar-refractivity contribution is 0.269. The first-order chi connectivity index (χ1) is 14.6. The van der Waals surface area contributed by atoms with Crippen LogP contribution in [-0.4, -0.2) is 27.7 Å². The number of nitrogens with one attached hydrogen (secondary N) is 1. The fourth-order valence-corrected chi connectivity index (χ4v) is 3.26. The summed E-state index contributed by atoms with van der Waals surface area (Å²) in [6, 6.07) is 13.3. The number of rotatable bonds is 10. The number of nitrogens with zero attached hydrogens (tertiary/aromatic N) is 3. The predicted octanol–water partition coefficient (Wildman–Crippen LogP) is 5.80. The summed E-state index contributed by atoms with van der Waals surface area (Å²) in [4.78, 5) is 0. The van der Waals surface area contributed by atoms with Crippen LogP contribution in [0.5, 0.6) is 11.5 Å². The van der Waals surface area contributed by atoms with Crippen LogP contribution in [0.15, 0.2) is 47.6 Å². The number of aromatic nitrogens is 3. The molecule has 0 spiro atoms. The molecule has 0 radical (unpaired) electrons. The van der Waals surface area contributed by atoms with Crippen molar-refractivity contribution in [1.29, 1.82) is 0 Å². The Morgan fingerprint density at radius 2 is 2.03 bits per heavy atom. The van der Waals surface area contributed by atoms with Crippen LogP contribution in [0.2, 0.25) is 5.02 Å². The lowest BCUT2D eigenvalue weighted by Crippen LogP contribution is -2.01. The molecule has 3 aromatic rings. The summed E-state index contributed by atoms with van der Waals surface area (Å²) in [6.45, 7) is 5.01. The molecule has 0 aliphatic carbocycles. The molecule has 0 atom stereocenters. The third kappa shape index (κ3) is 5.93. The maximum atomic E-state index is 6.04. The lowest BCUT2D eigenvalue weighted by atomic mass is 10.2. The molecule has 2 aromatic carbocycles. The molecule has 0 aliphatic heterocycles. The van der Waals surface area contributed by atoms with Crippen molar-refractivity contribution in [3.05, 3.63) is 69.2 Å². The van der Waals surface area contributed by atoms with Gasteiger partial charge in [-0.25, -0.2) is 0 Å². The van der Waals surface area contributed by atoms with Crippen LogP contribution in [0, 0.1) is 4.77 Å². The van der Waals surface area contributed by atoms with Crippen molar-refractivity contribution in [3.63, 3.8) is 0 Å². The van der Waals surface area contributed by atoms with Crippen molar-refractivity contribution in [2.24, 2.45) is 5.10 Å². The maximum Gasteiger partial charge on any atom is 0.216 e. The zero-order valence-electron chi connectivity index (χ0n) is 17.1. The van der Waals surface area contributed by atoms with E-state index in [1.165, 1.54) is 0 Å². The second-order valence-electron chi connectivity index (χ2n) is 6.66. The van der Waals surface area contributed by atoms with Crippen LogP contribution < -0.4 is 9.47 Å². The summed E-state index contributed by atoms with van der Waals surface area (Å²) in [6.07, 6.45) is 4.67. The Morgan fingerprint density at radius 3 is 2.80 bits per heavy atom. The molecular formula is C22H25ClN4O2S. The van der Waals surface area contributed by atoms with Gasteiger partial charge in [-0.15, -0.1) is 0 Å². The summed E-state index contributed by atoms with van der Waals surface area (Å²) in [7, 11) is 0. The number of ether oxygens (including phenoxy) is 2. The smallest absolute Gasteiger partial charge is 0.216 e. The van der Waals surface area contributed by atoms with Gasteiger partial charge in [-0.2, -0.15) is 14.9 Å². The Labute approximate surface area is 186 Å². The van der Waals surface area contributed by atoms with E-state index in [0.717, 1.165) is 36.2 Å². The maximum absolute atomic E-state index is 6.04. The van der Waals surface area contributed by atoms with Gasteiger partial charge in [-0.05, 0) is 67.0 Å². The monoisotopic (exact) mass is 444 g/mol. The van der Waals surface area contributed by atoms with Crippen molar-refractivity contribution in [2.45, 2.75) is 39.7 Å². The second kappa shape index (κ2) is 10.9. The topological polar surface area (TPSA) is 64.4 Å². The number of unbranched alkanes of at least 4 members (excludes halogenated alkanes) is 1. The van der Waals surface area contributed by atoms with Crippen molar-refractivity contribution in [3.8, 4) is 11.5 Å². The Bertz CT molecular complexity index is 1060. The van der Waals surface area contributed by atoms with Crippen LogP contribution in [0.3, 0.4) is 0 Å². The molecule has 1 aromatic heterocycles. The summed E-state index contributed by atoms with van der Waals surface area (Å²) >= 11 is 11.3. The second-order valence-corrected chi connectivity index (χ2v) is 7.49. The highest BCUT2D eigenvalue weighted by Gasteiger charge is 2.08. The first kappa shape index (κ1) is 22.1. The molecule has 30 heavy (non-hydrogen) atoms. The van der Waals surface area contributed by atoms with Crippen LogP contribution in [0.4, 0.5) is 0 Å². The minimum Gasteiger partial charge on any atom is -0.490 e. The normalized spacial score (nSPS) is 11.2. The number of benzene rings is 2. The van der Waals surface area contributed by atoms with E-state index in [2.05, 4.69) is 22.2 Å². The molecule has 158 valence electrons. The number of H-pyrrole nitrogens is 1. The highest BCUT2D eigenvalue weighted by molar-refractivity contribution is 7.71. The first-order valence-electron chi connectivity index (χ1n) is 9.95. The summed E-state index contributed by atoms with van der Waals surface area (Å²) in [5, 5.41) is 12.3. The average molecular weight is 445 g/mol. The summed E-state index contributed by atoms with van der Waals surface area (Å²) in [5.41, 5.74) is 1.86. The molecule has 0 saturated carbocycles. The van der Waals surface area contributed by atoms with E-state index in [1.54, 1.807) is 10.9 Å². The van der Waals surface area contributed by atoms with E-state index in [9.17, 15) is 0 Å². The van der Waals surface area contributed by atoms with Gasteiger partial charge in [0.05, 0.1) is 12.8 Å². The van der Waals surface area contributed by atoms with E-state index in [0.29, 0.717) is 34.5 Å². The SMILES string of the molecule is CCCCc1n[nH]c(=S)n1/N=C\c1ccc(OCc2cccc(Cl)c2)c(OCC)c1. The fraction of sp³-hybridized carbons (Fsp3) is 0.318. The van der Waals surface area contributed by atoms with Gasteiger partial charge in [0.15, 0.2) is 17.3 Å². The van der Waals surface area contributed by atoms with Gasteiger partial charge in [0.1, 0.15) is 6.61 Å². The minimum absolute atomic E-state index is 0.402. The lowest BCUT2D eigenvalue weighted by Gasteiger charge is -2.13. The largest absolute Gasteiger partial charge is 0.490 e. The van der Waals surface area contributed by atoms with E-state index in [4.69, 9.17) is 33.3 Å². The van der Waals surface area contributed by atoms with Gasteiger partial charge < -0.3 is 9.47 Å². The molecule has 8 heteroatoms. The molecule has 0 fully saturated rings. The Hall–Kier alpha value is -2.64. The number of aryl methyl sites for hydroxylation is 1. The van der Waals surface area contributed by atoms with E-state index < -0.39 is 0 Å². The van der Waals surface area contributed by atoms with Gasteiger partial charge in [0.25, 0.3) is 0 Å². The van der Waals surface area contributed by atoms with Crippen LogP contribution >= 0.6 is 23.8 Å². The van der Waals surface area contributed by atoms with Crippen molar-refractivity contribution in [2.75, 3.05) is 6.61 Å². The van der Waals surface area contributed by atoms with Crippen molar-refractivity contribution < 1.29 is 9.47 Å². The molecule has 0 amide bonds. The Morgan fingerprint density at radius 1 is 1.17 bits per heavy atom. The highest BCUT2D eigenvalue weighted by atomic mass is 35.5. The van der Waals surface area contributed by atoms with Crippen molar-refractivity contribution >= 4 is 30.0 Å². The minimum atomic E-state index is 0.402. The summed E-state index contributed by atoms with van der Waals surface area (Å²) in [5.74, 6) is 2.15.